The Morgan fingerprint density at radius 2 is 0.664 bits per heavy atom. The number of halogens is 1. The van der Waals surface area contributed by atoms with E-state index in [4.69, 9.17) is 21.6 Å². The molecule has 0 radical (unpaired) electrons. The van der Waals surface area contributed by atoms with Gasteiger partial charge in [0.25, 0.3) is 0 Å². The van der Waals surface area contributed by atoms with Crippen LogP contribution in [-0.4, -0.2) is 29.5 Å². The minimum Gasteiger partial charge on any atom is -0.354 e. The molecule has 24 rings (SSSR count). The molecule has 11 heteroatoms. The zero-order valence-electron chi connectivity index (χ0n) is 56.9. The van der Waals surface area contributed by atoms with Crippen LogP contribution in [0.25, 0.3) is 218 Å². The van der Waals surface area contributed by atoms with E-state index in [0.717, 1.165) is 54.0 Å². The van der Waals surface area contributed by atoms with Gasteiger partial charge in [-0.25, -0.2) is 19.9 Å². The van der Waals surface area contributed by atoms with E-state index >= 15 is 0 Å². The Kier molecular flexibility index (Phi) is 14.4. The van der Waals surface area contributed by atoms with Crippen molar-refractivity contribution in [3.05, 3.63) is 333 Å². The topological polar surface area (TPSA) is 72.3 Å². The molecule has 500 valence electrons. The molecule has 107 heavy (non-hydrogen) atoms. The number of H-pyrrole nitrogens is 1. The lowest BCUT2D eigenvalue weighted by molar-refractivity contribution is 1.02. The van der Waals surface area contributed by atoms with Crippen LogP contribution in [0.15, 0.2) is 328 Å². The maximum Gasteiger partial charge on any atom is 0.236 e. The molecule has 8 aromatic heterocycles. The molecule has 16 aromatic carbocycles. The molecule has 6 nitrogen and oxygen atoms in total. The number of aromatic nitrogens is 6. The highest BCUT2D eigenvalue weighted by molar-refractivity contribution is 7.27. The van der Waals surface area contributed by atoms with Gasteiger partial charge in [0.15, 0.2) is 0 Å². The second-order valence-corrected chi connectivity index (χ2v) is 31.7. The number of aromatic amines is 1. The average Bonchev–Trinajstić information content (AvgIpc) is 1.55. The Hall–Kier alpha value is -12.5. The van der Waals surface area contributed by atoms with Gasteiger partial charge in [0.2, 0.25) is 11.2 Å². The summed E-state index contributed by atoms with van der Waals surface area (Å²) in [4.78, 5) is 25.8. The van der Waals surface area contributed by atoms with Crippen LogP contribution in [0, 0.1) is 0 Å². The number of thiophene rings is 4. The molecule has 0 aliphatic carbocycles. The molecule has 0 atom stereocenters. The smallest absolute Gasteiger partial charge is 0.236 e. The van der Waals surface area contributed by atoms with Gasteiger partial charge >= 0.3 is 0 Å². The normalized spacial score (nSPS) is 12.0. The Labute approximate surface area is 632 Å². The number of hydrogen-bond acceptors (Lipinski definition) is 8. The van der Waals surface area contributed by atoms with E-state index in [1.54, 1.807) is 22.7 Å². The van der Waals surface area contributed by atoms with Crippen molar-refractivity contribution in [3.8, 4) is 50.7 Å². The van der Waals surface area contributed by atoms with Crippen LogP contribution in [0.3, 0.4) is 0 Å². The molecule has 0 aliphatic rings. The molecule has 8 heterocycles. The number of benzene rings is 16. The van der Waals surface area contributed by atoms with Gasteiger partial charge < -0.3 is 4.98 Å². The number of hydrogen-bond donors (Lipinski definition) is 1. The maximum absolute atomic E-state index is 6.28. The van der Waals surface area contributed by atoms with Crippen molar-refractivity contribution >= 4 is 225 Å². The fraction of sp³-hybridized carbons (Fsp3) is 0. The highest BCUT2D eigenvalue weighted by atomic mass is 35.5. The molecular formula is C96H55ClN6S4. The van der Waals surface area contributed by atoms with Gasteiger partial charge in [-0.3, -0.25) is 4.57 Å². The number of rotatable bonds is 5. The summed E-state index contributed by atoms with van der Waals surface area (Å²) in [6.07, 6.45) is 0. The average molecular weight is 1460 g/mol. The van der Waals surface area contributed by atoms with Gasteiger partial charge in [0, 0.05) is 120 Å². The van der Waals surface area contributed by atoms with Crippen LogP contribution in [0.2, 0.25) is 5.28 Å². The zero-order valence-corrected chi connectivity index (χ0v) is 60.9. The highest BCUT2D eigenvalue weighted by Gasteiger charge is 2.26. The summed E-state index contributed by atoms with van der Waals surface area (Å²) in [6, 6.07) is 117. The minimum absolute atomic E-state index is 0.280. The number of nitrogens with one attached hydrogen (secondary N) is 1. The summed E-state index contributed by atoms with van der Waals surface area (Å²) < 4.78 is 10.1. The quantitative estimate of drug-likeness (QED) is 0.174. The van der Waals surface area contributed by atoms with Crippen LogP contribution in [0.5, 0.6) is 0 Å². The van der Waals surface area contributed by atoms with Crippen molar-refractivity contribution in [2.75, 3.05) is 0 Å². The number of para-hydroxylation sites is 2. The summed E-state index contributed by atoms with van der Waals surface area (Å²) in [7, 11) is 0. The van der Waals surface area contributed by atoms with E-state index in [0.29, 0.717) is 5.95 Å². The van der Waals surface area contributed by atoms with Crippen LogP contribution in [0.1, 0.15) is 0 Å². The molecule has 24 aromatic rings. The van der Waals surface area contributed by atoms with Crippen LogP contribution >= 0.6 is 56.9 Å². The van der Waals surface area contributed by atoms with Gasteiger partial charge in [0.05, 0.1) is 27.9 Å². The van der Waals surface area contributed by atoms with E-state index in [9.17, 15) is 0 Å². The predicted molar refractivity (Wildman–Crippen MR) is 463 cm³/mol. The predicted octanol–water partition coefficient (Wildman–Crippen LogP) is 28.8. The van der Waals surface area contributed by atoms with Crippen LogP contribution in [-0.2, 0) is 0 Å². The van der Waals surface area contributed by atoms with Gasteiger partial charge in [-0.2, -0.15) is 0 Å². The first-order valence-electron chi connectivity index (χ1n) is 35.7. The summed E-state index contributed by atoms with van der Waals surface area (Å²) in [5.74, 6) is 0.690. The lowest BCUT2D eigenvalue weighted by Crippen LogP contribution is -2.03. The van der Waals surface area contributed by atoms with Crippen LogP contribution in [0.4, 0.5) is 0 Å². The van der Waals surface area contributed by atoms with Gasteiger partial charge in [-0.1, -0.05) is 291 Å². The first-order chi connectivity index (χ1) is 53.0. The fourth-order valence-corrected chi connectivity index (χ4v) is 21.5. The van der Waals surface area contributed by atoms with Crippen molar-refractivity contribution in [1.29, 1.82) is 0 Å². The van der Waals surface area contributed by atoms with Crippen molar-refractivity contribution in [1.82, 2.24) is 29.5 Å². The summed E-state index contributed by atoms with van der Waals surface area (Å²) in [5.41, 5.74) is 13.5. The lowest BCUT2D eigenvalue weighted by Gasteiger charge is -2.12. The first kappa shape index (κ1) is 61.9. The molecule has 1 N–H and O–H groups in total. The summed E-state index contributed by atoms with van der Waals surface area (Å²) in [6.45, 7) is 0. The zero-order chi connectivity index (χ0) is 70.4. The molecular weight excluding hydrogens is 1400 g/mol. The molecule has 0 spiro atoms. The molecule has 0 saturated carbocycles. The molecule has 0 aliphatic heterocycles. The molecule has 0 fully saturated rings. The van der Waals surface area contributed by atoms with E-state index in [2.05, 4.69) is 341 Å². The van der Waals surface area contributed by atoms with Gasteiger partial charge in [-0.05, 0) is 103 Å². The molecule has 0 bridgehead atoms. The fourth-order valence-electron chi connectivity index (χ4n) is 16.6. The Morgan fingerprint density at radius 1 is 0.271 bits per heavy atom. The van der Waals surface area contributed by atoms with E-state index in [1.165, 1.54) is 158 Å². The van der Waals surface area contributed by atoms with Gasteiger partial charge in [0.1, 0.15) is 9.66 Å². The molecule has 0 amide bonds. The minimum atomic E-state index is 0.280. The van der Waals surface area contributed by atoms with Crippen molar-refractivity contribution in [2.24, 2.45) is 0 Å². The second-order valence-electron chi connectivity index (χ2n) is 27.2. The van der Waals surface area contributed by atoms with Crippen molar-refractivity contribution in [2.45, 2.75) is 0 Å². The monoisotopic (exact) mass is 1450 g/mol. The van der Waals surface area contributed by atoms with Crippen molar-refractivity contribution in [3.63, 3.8) is 0 Å². The second kappa shape index (κ2) is 24.8. The number of fused-ring (bicyclic) bond motifs is 28. The number of nitrogens with zero attached hydrogens (tertiary/aromatic N) is 5. The highest BCUT2D eigenvalue weighted by Crippen LogP contribution is 2.51. The van der Waals surface area contributed by atoms with Crippen molar-refractivity contribution < 1.29 is 0 Å². The third-order valence-corrected chi connectivity index (χ3v) is 26.0. The van der Waals surface area contributed by atoms with E-state index in [1.807, 2.05) is 28.7 Å². The Balaban J connectivity index is 0.000000111. The van der Waals surface area contributed by atoms with Gasteiger partial charge in [-0.15, -0.1) is 45.3 Å². The lowest BCUT2D eigenvalue weighted by atomic mass is 9.96. The Bertz CT molecular complexity index is 7780. The SMILES string of the molecule is Clc1nc(-c2ccc(-c3cccc4ccccc34)cc2)c2c(n1)sc1ccccc12.c1ccc2c(-c3ccc(-c4nc(-n5c6ccccc6c6c7ccccc7c7sc8ccccc8c7c65)nc5sc6ccccc6c45)cc3)cccc2c1.c1ccc2c(c1)[nH]c1c2c2ccccc2c2sc3ccccc3c12. The summed E-state index contributed by atoms with van der Waals surface area (Å²) in [5, 5.41) is 25.4. The molecule has 0 saturated heterocycles. The summed E-state index contributed by atoms with van der Waals surface area (Å²) >= 11 is 13.4. The third-order valence-electron chi connectivity index (χ3n) is 21.3. The van der Waals surface area contributed by atoms with Crippen LogP contribution < -0.4 is 0 Å². The maximum atomic E-state index is 6.28. The molecule has 0 unspecified atom stereocenters. The third kappa shape index (κ3) is 9.88. The largest absolute Gasteiger partial charge is 0.354 e. The van der Waals surface area contributed by atoms with E-state index < -0.39 is 0 Å². The Morgan fingerprint density at radius 3 is 1.22 bits per heavy atom. The first-order valence-corrected chi connectivity index (χ1v) is 39.3. The van der Waals surface area contributed by atoms with E-state index in [-0.39, 0.29) is 5.28 Å². The standard InChI is InChI=1S/C48H27N3S2.C26H15ClN2S.C22H13NS/c1-2-14-31-28(12-1)13-11-20-32(31)29-24-26-30(27-25-29)44-42-36-18-6-10-23-40(36)53-47(42)50-48(49-44)51-38-21-8-5-17-35(38)41-33-15-3-4-16-34(33)46-43(45(41)51)37-19-7-9-22-39(37)52-46;27-26-28-24(23-21-9-3-4-11-22(21)30-25(23)29-26)18-14-12-17(13-15-18)20-10-5-7-16-6-1-2-8-19(16)20;1-2-8-14-13(7-1)19-15-9-3-5-11-17(15)23-21(19)20-16-10-4-6-12-18(16)24-22(14)20/h1-27H;1-15H;1-12,23H.